The zero-order valence-electron chi connectivity index (χ0n) is 13.8. The van der Waals surface area contributed by atoms with Crippen LogP contribution in [0.5, 0.6) is 5.75 Å². The van der Waals surface area contributed by atoms with E-state index < -0.39 is 33.7 Å². The average Bonchev–Trinajstić information content (AvgIpc) is 2.77. The van der Waals surface area contributed by atoms with Crippen molar-refractivity contribution in [3.8, 4) is 5.75 Å². The quantitative estimate of drug-likeness (QED) is 0.885. The minimum absolute atomic E-state index is 0.0473. The summed E-state index contributed by atoms with van der Waals surface area (Å²) in [4.78, 5) is 12.5. The molecule has 6 nitrogen and oxygen atoms in total. The maximum Gasteiger partial charge on any atom is 0.265 e. The largest absolute Gasteiger partial charge is 0.478 e. The number of amides is 1. The van der Waals surface area contributed by atoms with Crippen LogP contribution < -0.4 is 14.4 Å². The summed E-state index contributed by atoms with van der Waals surface area (Å²) in [5.41, 5.74) is 0.424. The molecule has 1 atom stereocenters. The van der Waals surface area contributed by atoms with E-state index in [0.717, 1.165) is 18.4 Å². The van der Waals surface area contributed by atoms with Crippen molar-refractivity contribution in [1.82, 2.24) is 0 Å². The number of hydrogen-bond acceptors (Lipinski definition) is 4. The van der Waals surface area contributed by atoms with Gasteiger partial charge in [-0.2, -0.15) is 0 Å². The monoisotopic (exact) mass is 382 g/mol. The molecule has 0 fully saturated rings. The van der Waals surface area contributed by atoms with E-state index in [0.29, 0.717) is 5.69 Å². The van der Waals surface area contributed by atoms with Gasteiger partial charge in [0.1, 0.15) is 5.75 Å². The molecule has 3 rings (SSSR count). The number of sulfonamides is 1. The van der Waals surface area contributed by atoms with Gasteiger partial charge in [0.2, 0.25) is 10.0 Å². The summed E-state index contributed by atoms with van der Waals surface area (Å²) in [7, 11) is -3.55. The van der Waals surface area contributed by atoms with Crippen molar-refractivity contribution < 1.29 is 26.7 Å². The third-order valence-electron chi connectivity index (χ3n) is 3.88. The Morgan fingerprint density at radius 1 is 1.19 bits per heavy atom. The van der Waals surface area contributed by atoms with Gasteiger partial charge in [-0.1, -0.05) is 12.1 Å². The molecule has 1 N–H and O–H groups in total. The highest BCUT2D eigenvalue weighted by atomic mass is 32.2. The number of carbonyl (C=O) groups excluding carboxylic acids is 1. The molecule has 0 saturated heterocycles. The van der Waals surface area contributed by atoms with E-state index in [2.05, 4.69) is 5.32 Å². The minimum Gasteiger partial charge on any atom is -0.478 e. The lowest BCUT2D eigenvalue weighted by Crippen LogP contribution is -2.36. The van der Waals surface area contributed by atoms with E-state index >= 15 is 0 Å². The third kappa shape index (κ3) is 3.77. The summed E-state index contributed by atoms with van der Waals surface area (Å²) < 4.78 is 57.2. The number of anilines is 2. The first-order chi connectivity index (χ1) is 12.3. The second kappa shape index (κ2) is 6.91. The molecular weight excluding hydrogens is 366 g/mol. The molecule has 0 radical (unpaired) electrons. The second-order valence-corrected chi connectivity index (χ2v) is 7.72. The number of ether oxygens (including phenoxy) is 1. The fraction of sp³-hybridized carbons (Fsp3) is 0.235. The van der Waals surface area contributed by atoms with E-state index in [1.54, 1.807) is 24.3 Å². The molecule has 26 heavy (non-hydrogen) atoms. The van der Waals surface area contributed by atoms with Crippen molar-refractivity contribution in [2.24, 2.45) is 0 Å². The molecule has 138 valence electrons. The fourth-order valence-electron chi connectivity index (χ4n) is 2.66. The number of halogens is 2. The zero-order valence-corrected chi connectivity index (χ0v) is 14.6. The Bertz CT molecular complexity index is 950. The highest BCUT2D eigenvalue weighted by Crippen LogP contribution is 2.34. The Labute approximate surface area is 149 Å². The predicted octanol–water partition coefficient (Wildman–Crippen LogP) is 2.52. The van der Waals surface area contributed by atoms with Crippen molar-refractivity contribution in [1.29, 1.82) is 0 Å². The molecule has 1 amide bonds. The summed E-state index contributed by atoms with van der Waals surface area (Å²) in [6.45, 7) is 0.0473. The van der Waals surface area contributed by atoms with Crippen molar-refractivity contribution in [3.63, 3.8) is 0 Å². The lowest BCUT2D eigenvalue weighted by Gasteiger charge is -2.20. The average molecular weight is 382 g/mol. The lowest BCUT2D eigenvalue weighted by molar-refractivity contribution is -0.122. The highest BCUT2D eigenvalue weighted by molar-refractivity contribution is 7.92. The molecule has 0 aliphatic carbocycles. The van der Waals surface area contributed by atoms with Crippen LogP contribution >= 0.6 is 0 Å². The molecule has 0 saturated carbocycles. The molecule has 0 bridgehead atoms. The zero-order chi connectivity index (χ0) is 18.9. The Balaban J connectivity index is 1.84. The maximum absolute atomic E-state index is 13.3. The van der Waals surface area contributed by atoms with Gasteiger partial charge in [-0.05, 0) is 24.3 Å². The minimum atomic E-state index is -3.55. The number of hydrogen-bond donors (Lipinski definition) is 1. The van der Waals surface area contributed by atoms with Gasteiger partial charge in [0.05, 0.1) is 11.9 Å². The summed E-state index contributed by atoms with van der Waals surface area (Å²) in [6, 6.07) is 9.48. The van der Waals surface area contributed by atoms with Crippen LogP contribution in [-0.4, -0.2) is 33.2 Å². The van der Waals surface area contributed by atoms with Crippen molar-refractivity contribution in [2.45, 2.75) is 12.5 Å². The standard InChI is InChI=1S/C17H16F2N2O4S/c1-26(23,24)21-9-8-16(25-15-5-3-2-4-14(15)21)17(22)20-11-6-7-12(18)13(19)10-11/h2-7,10,16H,8-9H2,1H3,(H,20,22)/t16-/m1/s1. The Morgan fingerprint density at radius 3 is 2.62 bits per heavy atom. The number of carbonyl (C=O) groups is 1. The maximum atomic E-state index is 13.3. The molecular formula is C17H16F2N2O4S. The summed E-state index contributed by atoms with van der Waals surface area (Å²) in [5.74, 6) is -2.44. The molecule has 1 heterocycles. The number of fused-ring (bicyclic) bond motifs is 1. The number of nitrogens with one attached hydrogen (secondary N) is 1. The fourth-order valence-corrected chi connectivity index (χ4v) is 3.60. The van der Waals surface area contributed by atoms with Gasteiger partial charge < -0.3 is 10.1 Å². The Kier molecular flexibility index (Phi) is 4.82. The van der Waals surface area contributed by atoms with Gasteiger partial charge in [0.25, 0.3) is 5.91 Å². The summed E-state index contributed by atoms with van der Waals surface area (Å²) in [5, 5.41) is 2.45. The molecule has 9 heteroatoms. The second-order valence-electron chi connectivity index (χ2n) is 5.82. The SMILES string of the molecule is CS(=O)(=O)N1CC[C@H](C(=O)Nc2ccc(F)c(F)c2)Oc2ccccc21. The van der Waals surface area contributed by atoms with Crippen molar-refractivity contribution >= 4 is 27.3 Å². The molecule has 2 aromatic carbocycles. The van der Waals surface area contributed by atoms with Crippen LogP contribution in [0.15, 0.2) is 42.5 Å². The van der Waals surface area contributed by atoms with Crippen LogP contribution in [0.2, 0.25) is 0 Å². The van der Waals surface area contributed by atoms with Gasteiger partial charge in [0, 0.05) is 24.7 Å². The van der Waals surface area contributed by atoms with Crippen LogP contribution in [0.4, 0.5) is 20.2 Å². The first-order valence-corrected chi connectivity index (χ1v) is 9.60. The van der Waals surface area contributed by atoms with Gasteiger partial charge in [-0.3, -0.25) is 9.10 Å². The molecule has 0 spiro atoms. The van der Waals surface area contributed by atoms with E-state index in [1.165, 1.54) is 10.4 Å². The normalized spacial score (nSPS) is 17.0. The van der Waals surface area contributed by atoms with Crippen LogP contribution in [0.3, 0.4) is 0 Å². The number of benzene rings is 2. The van der Waals surface area contributed by atoms with E-state index in [1.807, 2.05) is 0 Å². The summed E-state index contributed by atoms with van der Waals surface area (Å²) >= 11 is 0. The first-order valence-electron chi connectivity index (χ1n) is 7.75. The van der Waals surface area contributed by atoms with Crippen molar-refractivity contribution in [3.05, 3.63) is 54.1 Å². The third-order valence-corrected chi connectivity index (χ3v) is 5.06. The summed E-state index contributed by atoms with van der Waals surface area (Å²) in [6.07, 6.45) is 0.180. The van der Waals surface area contributed by atoms with Gasteiger partial charge in [-0.15, -0.1) is 0 Å². The lowest BCUT2D eigenvalue weighted by atomic mass is 10.2. The molecule has 0 unspecified atom stereocenters. The first kappa shape index (κ1) is 18.1. The molecule has 1 aliphatic heterocycles. The van der Waals surface area contributed by atoms with E-state index in [4.69, 9.17) is 4.74 Å². The molecule has 1 aliphatic rings. The number of para-hydroxylation sites is 2. The van der Waals surface area contributed by atoms with Crippen molar-refractivity contribution in [2.75, 3.05) is 22.4 Å². The van der Waals surface area contributed by atoms with Crippen LogP contribution in [0.1, 0.15) is 6.42 Å². The van der Waals surface area contributed by atoms with Crippen LogP contribution in [0, 0.1) is 11.6 Å². The van der Waals surface area contributed by atoms with Gasteiger partial charge in [0.15, 0.2) is 17.7 Å². The predicted molar refractivity (Wildman–Crippen MR) is 92.7 cm³/mol. The van der Waals surface area contributed by atoms with Crippen LogP contribution in [0.25, 0.3) is 0 Å². The highest BCUT2D eigenvalue weighted by Gasteiger charge is 2.31. The smallest absolute Gasteiger partial charge is 0.265 e. The number of rotatable bonds is 3. The Morgan fingerprint density at radius 2 is 1.92 bits per heavy atom. The van der Waals surface area contributed by atoms with E-state index in [-0.39, 0.29) is 24.4 Å². The Hall–Kier alpha value is -2.68. The topological polar surface area (TPSA) is 75.7 Å². The van der Waals surface area contributed by atoms with Gasteiger partial charge in [-0.25, -0.2) is 17.2 Å². The molecule has 2 aromatic rings. The molecule has 0 aromatic heterocycles. The van der Waals surface area contributed by atoms with Crippen LogP contribution in [-0.2, 0) is 14.8 Å². The van der Waals surface area contributed by atoms with Gasteiger partial charge >= 0.3 is 0 Å². The number of nitrogens with zero attached hydrogens (tertiary/aromatic N) is 1. The van der Waals surface area contributed by atoms with E-state index in [9.17, 15) is 22.0 Å².